The minimum Gasteiger partial charge on any atom is -0.319 e. The van der Waals surface area contributed by atoms with Crippen molar-refractivity contribution in [3.63, 3.8) is 0 Å². The molecule has 0 saturated carbocycles. The highest BCUT2D eigenvalue weighted by Gasteiger charge is 2.49. The van der Waals surface area contributed by atoms with Crippen LogP contribution in [0.1, 0.15) is 18.2 Å². The van der Waals surface area contributed by atoms with Crippen LogP contribution >= 0.6 is 34.3 Å². The fraction of sp³-hybridized carbons (Fsp3) is 0.167. The molecule has 2 aromatic heterocycles. The van der Waals surface area contributed by atoms with Crippen molar-refractivity contribution >= 4 is 46.2 Å². The molecule has 0 bridgehead atoms. The zero-order valence-electron chi connectivity index (χ0n) is 13.7. The van der Waals surface area contributed by atoms with E-state index < -0.39 is 11.6 Å². The number of hydrogen-bond donors (Lipinski definition) is 1. The van der Waals surface area contributed by atoms with Gasteiger partial charge in [-0.3, -0.25) is 9.69 Å². The van der Waals surface area contributed by atoms with Crippen LogP contribution in [-0.2, 0) is 16.9 Å². The van der Waals surface area contributed by atoms with Crippen LogP contribution in [-0.4, -0.2) is 21.8 Å². The van der Waals surface area contributed by atoms with Gasteiger partial charge in [0.05, 0.1) is 12.2 Å². The zero-order valence-corrected chi connectivity index (χ0v) is 16.1. The molecule has 0 unspecified atom stereocenters. The molecule has 3 heterocycles. The lowest BCUT2D eigenvalue weighted by atomic mass is 9.92. The van der Waals surface area contributed by atoms with Gasteiger partial charge in [0.25, 0.3) is 5.91 Å². The van der Waals surface area contributed by atoms with Crippen molar-refractivity contribution in [3.8, 4) is 10.6 Å². The van der Waals surface area contributed by atoms with Gasteiger partial charge >= 0.3 is 6.03 Å². The normalized spacial score (nSPS) is 19.8. The highest BCUT2D eigenvalue weighted by Crippen LogP contribution is 2.31. The highest BCUT2D eigenvalue weighted by molar-refractivity contribution is 7.14. The van der Waals surface area contributed by atoms with Gasteiger partial charge in [-0.1, -0.05) is 23.7 Å². The molecule has 1 aromatic carbocycles. The van der Waals surface area contributed by atoms with Gasteiger partial charge in [0.2, 0.25) is 0 Å². The molecule has 132 valence electrons. The van der Waals surface area contributed by atoms with E-state index in [1.165, 1.54) is 16.2 Å². The molecule has 1 atom stereocenters. The van der Waals surface area contributed by atoms with Gasteiger partial charge in [-0.2, -0.15) is 11.3 Å². The Kier molecular flexibility index (Phi) is 4.30. The molecule has 1 aliphatic rings. The summed E-state index contributed by atoms with van der Waals surface area (Å²) in [4.78, 5) is 31.1. The summed E-state index contributed by atoms with van der Waals surface area (Å²) >= 11 is 9.03. The summed E-state index contributed by atoms with van der Waals surface area (Å²) in [6, 6.07) is 8.49. The number of urea groups is 1. The number of hydrogen-bond acceptors (Lipinski definition) is 5. The third kappa shape index (κ3) is 2.92. The number of thiophene rings is 1. The third-order valence-electron chi connectivity index (χ3n) is 4.34. The van der Waals surface area contributed by atoms with E-state index in [0.717, 1.165) is 10.6 Å². The van der Waals surface area contributed by atoms with Crippen LogP contribution < -0.4 is 5.32 Å². The Morgan fingerprint density at radius 1 is 1.19 bits per heavy atom. The SMILES string of the molecule is C[C@]1(c2ccc(Cl)cc2)NC(=O)N(Cc2csc(-c3ccsc3)n2)C1=O. The minimum atomic E-state index is -1.10. The van der Waals surface area contributed by atoms with E-state index in [1.54, 1.807) is 42.5 Å². The molecule has 3 amide bonds. The van der Waals surface area contributed by atoms with Gasteiger partial charge in [0.15, 0.2) is 0 Å². The highest BCUT2D eigenvalue weighted by atomic mass is 35.5. The first-order chi connectivity index (χ1) is 12.5. The quantitative estimate of drug-likeness (QED) is 0.652. The Morgan fingerprint density at radius 2 is 1.96 bits per heavy atom. The second-order valence-electron chi connectivity index (χ2n) is 6.11. The van der Waals surface area contributed by atoms with Gasteiger partial charge in [0.1, 0.15) is 10.5 Å². The van der Waals surface area contributed by atoms with Gasteiger partial charge in [-0.05, 0) is 36.1 Å². The van der Waals surface area contributed by atoms with E-state index in [9.17, 15) is 9.59 Å². The van der Waals surface area contributed by atoms with Crippen LogP contribution in [0.15, 0.2) is 46.5 Å². The van der Waals surface area contributed by atoms with Crippen molar-refractivity contribution in [1.82, 2.24) is 15.2 Å². The van der Waals surface area contributed by atoms with Crippen molar-refractivity contribution in [1.29, 1.82) is 0 Å². The number of thiazole rings is 1. The molecule has 1 N–H and O–H groups in total. The van der Waals surface area contributed by atoms with Gasteiger partial charge in [-0.25, -0.2) is 9.78 Å². The van der Waals surface area contributed by atoms with E-state index in [0.29, 0.717) is 16.3 Å². The number of amides is 3. The Morgan fingerprint density at radius 3 is 2.65 bits per heavy atom. The van der Waals surface area contributed by atoms with E-state index in [4.69, 9.17) is 11.6 Å². The number of halogens is 1. The average molecular weight is 404 g/mol. The number of aromatic nitrogens is 1. The fourth-order valence-electron chi connectivity index (χ4n) is 2.88. The molecule has 1 saturated heterocycles. The number of carbonyl (C=O) groups excluding carboxylic acids is 2. The molecule has 0 radical (unpaired) electrons. The third-order valence-corrected chi connectivity index (χ3v) is 6.21. The first-order valence-corrected chi connectivity index (χ1v) is 10.0. The number of nitrogens with zero attached hydrogens (tertiary/aromatic N) is 2. The van der Waals surface area contributed by atoms with Crippen molar-refractivity contribution < 1.29 is 9.59 Å². The summed E-state index contributed by atoms with van der Waals surface area (Å²) < 4.78 is 0. The van der Waals surface area contributed by atoms with Gasteiger partial charge in [-0.15, -0.1) is 11.3 Å². The summed E-state index contributed by atoms with van der Waals surface area (Å²) in [7, 11) is 0. The van der Waals surface area contributed by atoms with Crippen LogP contribution in [0.5, 0.6) is 0 Å². The Bertz CT molecular complexity index is 969. The Balaban J connectivity index is 1.57. The summed E-state index contributed by atoms with van der Waals surface area (Å²) in [5.74, 6) is -0.296. The molecule has 5 nitrogen and oxygen atoms in total. The molecule has 1 fully saturated rings. The predicted molar refractivity (Wildman–Crippen MR) is 103 cm³/mol. The van der Waals surface area contributed by atoms with Crippen molar-refractivity contribution in [3.05, 3.63) is 62.8 Å². The zero-order chi connectivity index (χ0) is 18.3. The van der Waals surface area contributed by atoms with E-state index in [2.05, 4.69) is 10.3 Å². The lowest BCUT2D eigenvalue weighted by Gasteiger charge is -2.22. The van der Waals surface area contributed by atoms with Crippen molar-refractivity contribution in [2.24, 2.45) is 0 Å². The molecule has 26 heavy (non-hydrogen) atoms. The van der Waals surface area contributed by atoms with Crippen LogP contribution in [0.4, 0.5) is 4.79 Å². The Labute approximate surface area is 163 Å². The molecule has 4 rings (SSSR count). The number of benzene rings is 1. The summed E-state index contributed by atoms with van der Waals surface area (Å²) in [5, 5.41) is 10.1. The summed E-state index contributed by atoms with van der Waals surface area (Å²) in [6.45, 7) is 1.85. The standard InChI is InChI=1S/C18H14ClN3O2S2/c1-18(12-2-4-13(19)5-3-12)16(23)22(17(24)21-18)8-14-10-26-15(20-14)11-6-7-25-9-11/h2-7,9-10H,8H2,1H3,(H,21,24)/t18-/m1/s1. The molecular formula is C18H14ClN3O2S2. The smallest absolute Gasteiger partial charge is 0.319 e. The summed E-state index contributed by atoms with van der Waals surface area (Å²) in [6.07, 6.45) is 0. The van der Waals surface area contributed by atoms with Crippen LogP contribution in [0.3, 0.4) is 0 Å². The monoisotopic (exact) mass is 403 g/mol. The lowest BCUT2D eigenvalue weighted by Crippen LogP contribution is -2.40. The molecular weight excluding hydrogens is 390 g/mol. The first-order valence-electron chi connectivity index (χ1n) is 7.84. The van der Waals surface area contributed by atoms with Crippen LogP contribution in [0.2, 0.25) is 5.02 Å². The van der Waals surface area contributed by atoms with Crippen LogP contribution in [0.25, 0.3) is 10.6 Å². The molecule has 3 aromatic rings. The van der Waals surface area contributed by atoms with Crippen molar-refractivity contribution in [2.45, 2.75) is 19.0 Å². The lowest BCUT2D eigenvalue weighted by molar-refractivity contribution is -0.131. The van der Waals surface area contributed by atoms with E-state index in [1.807, 2.05) is 22.2 Å². The van der Waals surface area contributed by atoms with Gasteiger partial charge in [0, 0.05) is 21.3 Å². The largest absolute Gasteiger partial charge is 0.325 e. The topological polar surface area (TPSA) is 62.3 Å². The maximum absolute atomic E-state index is 12.9. The fourth-order valence-corrected chi connectivity index (χ4v) is 4.53. The second-order valence-corrected chi connectivity index (χ2v) is 8.18. The van der Waals surface area contributed by atoms with E-state index >= 15 is 0 Å². The maximum atomic E-state index is 12.9. The predicted octanol–water partition coefficient (Wildman–Crippen LogP) is 4.49. The first kappa shape index (κ1) is 17.2. The number of imide groups is 1. The second kappa shape index (κ2) is 6.50. The molecule has 0 spiro atoms. The Hall–Kier alpha value is -2.22. The summed E-state index contributed by atoms with van der Waals surface area (Å²) in [5.41, 5.74) is 1.34. The molecule has 1 aliphatic heterocycles. The maximum Gasteiger partial charge on any atom is 0.325 e. The van der Waals surface area contributed by atoms with Crippen LogP contribution in [0, 0.1) is 0 Å². The number of carbonyl (C=O) groups is 2. The molecule has 8 heteroatoms. The van der Waals surface area contributed by atoms with Crippen molar-refractivity contribution in [2.75, 3.05) is 0 Å². The molecule has 0 aliphatic carbocycles. The number of nitrogens with one attached hydrogen (secondary N) is 1. The van der Waals surface area contributed by atoms with E-state index in [-0.39, 0.29) is 12.5 Å². The number of rotatable bonds is 4. The minimum absolute atomic E-state index is 0.147. The average Bonchev–Trinajstić information content (AvgIpc) is 3.34. The van der Waals surface area contributed by atoms with Gasteiger partial charge < -0.3 is 5.32 Å².